The summed E-state index contributed by atoms with van der Waals surface area (Å²) in [5.74, 6) is -0.320. The number of anilines is 1. The Labute approximate surface area is 149 Å². The van der Waals surface area contributed by atoms with Crippen molar-refractivity contribution >= 4 is 17.6 Å². The maximum Gasteiger partial charge on any atom is 0.341 e. The molecule has 0 radical (unpaired) electrons. The van der Waals surface area contributed by atoms with Gasteiger partial charge >= 0.3 is 5.97 Å². The molecule has 0 aliphatic heterocycles. The molecule has 0 bridgehead atoms. The van der Waals surface area contributed by atoms with Crippen LogP contribution >= 0.6 is 0 Å². The summed E-state index contributed by atoms with van der Waals surface area (Å²) in [6.07, 6.45) is 2.42. The summed E-state index contributed by atoms with van der Waals surface area (Å²) in [5.41, 5.74) is -0.144. The number of rotatable bonds is 10. The van der Waals surface area contributed by atoms with Crippen LogP contribution in [0.2, 0.25) is 0 Å². The van der Waals surface area contributed by atoms with Gasteiger partial charge in [-0.2, -0.15) is 0 Å². The van der Waals surface area contributed by atoms with Crippen LogP contribution in [0.25, 0.3) is 0 Å². The molecule has 1 aromatic carbocycles. The molecule has 1 amide bonds. The maximum atomic E-state index is 12.5. The largest absolute Gasteiger partial charge is 0.493 e. The number of unbranched alkanes of at least 4 members (excludes halogenated alkanes) is 1. The minimum absolute atomic E-state index is 0.257. The molecule has 0 heterocycles. The fraction of sp³-hybridized carbons (Fsp3) is 0.579. The highest BCUT2D eigenvalue weighted by molar-refractivity contribution is 5.99. The van der Waals surface area contributed by atoms with Crippen LogP contribution in [0, 0.1) is 0 Å². The molecule has 0 saturated carbocycles. The monoisotopic (exact) mass is 351 g/mol. The van der Waals surface area contributed by atoms with Gasteiger partial charge in [0.1, 0.15) is 16.9 Å². The number of ether oxygens (including phenoxy) is 3. The fourth-order valence-corrected chi connectivity index (χ4v) is 2.24. The quantitative estimate of drug-likeness (QED) is 0.513. The van der Waals surface area contributed by atoms with Crippen molar-refractivity contribution in [2.24, 2.45) is 0 Å². The molecular formula is C19H29NO5. The molecule has 1 atom stereocenters. The summed E-state index contributed by atoms with van der Waals surface area (Å²) in [6.45, 7) is 8.50. The van der Waals surface area contributed by atoms with Crippen LogP contribution in [0.1, 0.15) is 57.3 Å². The van der Waals surface area contributed by atoms with E-state index < -0.39 is 11.6 Å². The third-order valence-corrected chi connectivity index (χ3v) is 4.02. The summed E-state index contributed by atoms with van der Waals surface area (Å²) in [7, 11) is 1.31. The third-order valence-electron chi connectivity index (χ3n) is 4.02. The van der Waals surface area contributed by atoms with E-state index in [9.17, 15) is 9.59 Å². The van der Waals surface area contributed by atoms with Gasteiger partial charge in [0.15, 0.2) is 0 Å². The van der Waals surface area contributed by atoms with Crippen LogP contribution < -0.4 is 10.1 Å². The van der Waals surface area contributed by atoms with Crippen LogP contribution in [0.5, 0.6) is 5.75 Å². The van der Waals surface area contributed by atoms with Crippen LogP contribution in [-0.4, -0.2) is 37.8 Å². The average Bonchev–Trinajstić information content (AvgIpc) is 2.62. The molecule has 140 valence electrons. The second-order valence-corrected chi connectivity index (χ2v) is 5.88. The Balaban J connectivity index is 3.01. The van der Waals surface area contributed by atoms with Crippen molar-refractivity contribution in [1.29, 1.82) is 0 Å². The molecule has 0 saturated heterocycles. The van der Waals surface area contributed by atoms with E-state index in [4.69, 9.17) is 14.2 Å². The lowest BCUT2D eigenvalue weighted by Gasteiger charge is -2.26. The van der Waals surface area contributed by atoms with Gasteiger partial charge in [-0.15, -0.1) is 0 Å². The minimum Gasteiger partial charge on any atom is -0.493 e. The van der Waals surface area contributed by atoms with Gasteiger partial charge in [-0.1, -0.05) is 20.3 Å². The van der Waals surface area contributed by atoms with E-state index >= 15 is 0 Å². The zero-order valence-electron chi connectivity index (χ0n) is 15.8. The number of carbonyl (C=O) groups is 2. The van der Waals surface area contributed by atoms with Gasteiger partial charge in [0.05, 0.1) is 13.7 Å². The Morgan fingerprint density at radius 1 is 1.20 bits per heavy atom. The molecule has 1 unspecified atom stereocenters. The van der Waals surface area contributed by atoms with Gasteiger partial charge in [0.25, 0.3) is 5.91 Å². The molecular weight excluding hydrogens is 322 g/mol. The van der Waals surface area contributed by atoms with Gasteiger partial charge in [-0.3, -0.25) is 4.79 Å². The summed E-state index contributed by atoms with van der Waals surface area (Å²) in [4.78, 5) is 24.5. The molecule has 0 aliphatic rings. The van der Waals surface area contributed by atoms with Crippen LogP contribution in [-0.2, 0) is 14.3 Å². The molecule has 25 heavy (non-hydrogen) atoms. The van der Waals surface area contributed by atoms with E-state index in [1.807, 2.05) is 13.8 Å². The zero-order valence-corrected chi connectivity index (χ0v) is 15.8. The van der Waals surface area contributed by atoms with E-state index in [1.54, 1.807) is 25.1 Å². The Hall–Kier alpha value is -2.08. The second-order valence-electron chi connectivity index (χ2n) is 5.88. The number of hydrogen-bond acceptors (Lipinski definition) is 5. The number of nitrogens with one attached hydrogen (secondary N) is 1. The van der Waals surface area contributed by atoms with E-state index in [-0.39, 0.29) is 11.5 Å². The summed E-state index contributed by atoms with van der Waals surface area (Å²) < 4.78 is 16.0. The SMILES string of the molecule is CCCCOc1ccc(NC(=O)C(C)(CC)OCC)cc1C(=O)OC. The third kappa shape index (κ3) is 5.74. The number of hydrogen-bond donors (Lipinski definition) is 1. The molecule has 0 spiro atoms. The van der Waals surface area contributed by atoms with Crippen molar-refractivity contribution in [1.82, 2.24) is 0 Å². The number of methoxy groups -OCH3 is 1. The van der Waals surface area contributed by atoms with Crippen LogP contribution in [0.4, 0.5) is 5.69 Å². The number of benzene rings is 1. The molecule has 1 N–H and O–H groups in total. The Morgan fingerprint density at radius 3 is 2.48 bits per heavy atom. The van der Waals surface area contributed by atoms with Crippen molar-refractivity contribution in [3.8, 4) is 5.75 Å². The van der Waals surface area contributed by atoms with Crippen LogP contribution in [0.3, 0.4) is 0 Å². The first-order chi connectivity index (χ1) is 11.9. The number of amides is 1. The van der Waals surface area contributed by atoms with E-state index in [0.717, 1.165) is 12.8 Å². The molecule has 0 aliphatic carbocycles. The highest BCUT2D eigenvalue weighted by Gasteiger charge is 2.32. The zero-order chi connectivity index (χ0) is 18.9. The number of carbonyl (C=O) groups excluding carboxylic acids is 2. The van der Waals surface area contributed by atoms with Gasteiger partial charge in [-0.05, 0) is 44.9 Å². The first-order valence-corrected chi connectivity index (χ1v) is 8.72. The van der Waals surface area contributed by atoms with Crippen molar-refractivity contribution in [3.63, 3.8) is 0 Å². The lowest BCUT2D eigenvalue weighted by Crippen LogP contribution is -2.42. The summed E-state index contributed by atoms with van der Waals surface area (Å²) >= 11 is 0. The normalized spacial score (nSPS) is 13.0. The smallest absolute Gasteiger partial charge is 0.341 e. The standard InChI is InChI=1S/C19H29NO5/c1-6-9-12-24-16-11-10-14(13-15(16)17(21)23-5)20-18(22)19(4,7-2)25-8-3/h10-11,13H,6-9,12H2,1-5H3,(H,20,22). The molecule has 1 rings (SSSR count). The topological polar surface area (TPSA) is 73.9 Å². The van der Waals surface area contributed by atoms with Crippen molar-refractivity contribution < 1.29 is 23.8 Å². The van der Waals surface area contributed by atoms with E-state index in [1.165, 1.54) is 7.11 Å². The molecule has 6 nitrogen and oxygen atoms in total. The van der Waals surface area contributed by atoms with Gasteiger partial charge in [-0.25, -0.2) is 4.79 Å². The van der Waals surface area contributed by atoms with Gasteiger partial charge in [0.2, 0.25) is 0 Å². The van der Waals surface area contributed by atoms with Gasteiger partial charge < -0.3 is 19.5 Å². The Kier molecular flexibility index (Phi) is 8.41. The van der Waals surface area contributed by atoms with Crippen molar-refractivity contribution in [2.75, 3.05) is 25.6 Å². The molecule has 6 heteroatoms. The highest BCUT2D eigenvalue weighted by atomic mass is 16.5. The molecule has 0 fully saturated rings. The second kappa shape index (κ2) is 10.0. The highest BCUT2D eigenvalue weighted by Crippen LogP contribution is 2.26. The first kappa shape index (κ1) is 21.0. The first-order valence-electron chi connectivity index (χ1n) is 8.72. The van der Waals surface area contributed by atoms with E-state index in [0.29, 0.717) is 31.1 Å². The van der Waals surface area contributed by atoms with E-state index in [2.05, 4.69) is 12.2 Å². The van der Waals surface area contributed by atoms with Gasteiger partial charge in [0, 0.05) is 12.3 Å². The Morgan fingerprint density at radius 2 is 1.92 bits per heavy atom. The Bertz CT molecular complexity index is 587. The maximum absolute atomic E-state index is 12.5. The minimum atomic E-state index is -0.920. The summed E-state index contributed by atoms with van der Waals surface area (Å²) in [5, 5.41) is 2.80. The lowest BCUT2D eigenvalue weighted by molar-refractivity contribution is -0.139. The fourth-order valence-electron chi connectivity index (χ4n) is 2.24. The lowest BCUT2D eigenvalue weighted by atomic mass is 10.0. The van der Waals surface area contributed by atoms with Crippen molar-refractivity contribution in [3.05, 3.63) is 23.8 Å². The van der Waals surface area contributed by atoms with Crippen molar-refractivity contribution in [2.45, 2.75) is 52.6 Å². The predicted molar refractivity (Wildman–Crippen MR) is 97.1 cm³/mol. The molecule has 1 aromatic rings. The average molecular weight is 351 g/mol. The number of esters is 1. The molecule has 0 aromatic heterocycles. The predicted octanol–water partition coefficient (Wildman–Crippen LogP) is 3.80. The van der Waals surface area contributed by atoms with Crippen LogP contribution in [0.15, 0.2) is 18.2 Å². The summed E-state index contributed by atoms with van der Waals surface area (Å²) in [6, 6.07) is 4.93.